The van der Waals surface area contributed by atoms with Gasteiger partial charge >= 0.3 is 0 Å². The lowest BCUT2D eigenvalue weighted by atomic mass is 10.0. The standard InChI is InChI=1S/C12H16ClN3O2/c1-2-3-12(4-5-12)8-15-11-10(13)6-9(7-14-11)16(17)18/h6-7H,2-5,8H2,1H3,(H,14,15). The number of halogens is 1. The predicted octanol–water partition coefficient (Wildman–Crippen LogP) is 3.64. The summed E-state index contributed by atoms with van der Waals surface area (Å²) in [4.78, 5) is 14.1. The second-order valence-electron chi connectivity index (χ2n) is 4.88. The largest absolute Gasteiger partial charge is 0.368 e. The van der Waals surface area contributed by atoms with Crippen molar-refractivity contribution in [3.05, 3.63) is 27.4 Å². The highest BCUT2D eigenvalue weighted by Gasteiger charge is 2.41. The van der Waals surface area contributed by atoms with E-state index in [0.717, 1.165) is 6.54 Å². The number of nitro groups is 1. The number of anilines is 1. The highest BCUT2D eigenvalue weighted by atomic mass is 35.5. The number of rotatable bonds is 6. The molecule has 2 rings (SSSR count). The normalized spacial score (nSPS) is 16.3. The number of hydrogen-bond donors (Lipinski definition) is 1. The Hall–Kier alpha value is -1.36. The summed E-state index contributed by atoms with van der Waals surface area (Å²) in [7, 11) is 0. The summed E-state index contributed by atoms with van der Waals surface area (Å²) in [5.74, 6) is 0.532. The van der Waals surface area contributed by atoms with E-state index in [9.17, 15) is 10.1 Å². The van der Waals surface area contributed by atoms with Gasteiger partial charge in [0.2, 0.25) is 0 Å². The first-order valence-corrected chi connectivity index (χ1v) is 6.48. The quantitative estimate of drug-likeness (QED) is 0.632. The average molecular weight is 270 g/mol. The summed E-state index contributed by atoms with van der Waals surface area (Å²) >= 11 is 5.97. The van der Waals surface area contributed by atoms with Crippen LogP contribution in [0.1, 0.15) is 32.6 Å². The van der Waals surface area contributed by atoms with Gasteiger partial charge in [0, 0.05) is 12.6 Å². The fourth-order valence-corrected chi connectivity index (χ4v) is 2.38. The fourth-order valence-electron chi connectivity index (χ4n) is 2.15. The third-order valence-electron chi connectivity index (χ3n) is 3.41. The number of nitrogens with zero attached hydrogens (tertiary/aromatic N) is 2. The van der Waals surface area contributed by atoms with E-state index in [0.29, 0.717) is 16.3 Å². The first kappa shape index (κ1) is 13.1. The minimum atomic E-state index is -0.498. The summed E-state index contributed by atoms with van der Waals surface area (Å²) in [6.45, 7) is 3.02. The first-order valence-electron chi connectivity index (χ1n) is 6.10. The number of nitrogens with one attached hydrogen (secondary N) is 1. The van der Waals surface area contributed by atoms with Gasteiger partial charge in [-0.3, -0.25) is 10.1 Å². The molecule has 1 aromatic rings. The van der Waals surface area contributed by atoms with Crippen molar-refractivity contribution >= 4 is 23.1 Å². The van der Waals surface area contributed by atoms with Crippen molar-refractivity contribution < 1.29 is 4.92 Å². The summed E-state index contributed by atoms with van der Waals surface area (Å²) < 4.78 is 0. The third-order valence-corrected chi connectivity index (χ3v) is 3.69. The molecule has 18 heavy (non-hydrogen) atoms. The predicted molar refractivity (Wildman–Crippen MR) is 71.0 cm³/mol. The molecule has 0 spiro atoms. The van der Waals surface area contributed by atoms with E-state index in [4.69, 9.17) is 11.6 Å². The van der Waals surface area contributed by atoms with Crippen LogP contribution in [-0.2, 0) is 0 Å². The molecule has 0 aliphatic heterocycles. The zero-order chi connectivity index (χ0) is 13.2. The molecule has 1 N–H and O–H groups in total. The van der Waals surface area contributed by atoms with Crippen molar-refractivity contribution in [1.29, 1.82) is 0 Å². The molecule has 1 fully saturated rings. The van der Waals surface area contributed by atoms with Gasteiger partial charge < -0.3 is 5.32 Å². The smallest absolute Gasteiger partial charge is 0.289 e. The second-order valence-corrected chi connectivity index (χ2v) is 5.29. The summed E-state index contributed by atoms with van der Waals surface area (Å²) in [5, 5.41) is 14.1. The van der Waals surface area contributed by atoms with Crippen LogP contribution < -0.4 is 5.32 Å². The maximum atomic E-state index is 10.6. The van der Waals surface area contributed by atoms with Gasteiger partial charge in [-0.2, -0.15) is 0 Å². The molecular formula is C12H16ClN3O2. The van der Waals surface area contributed by atoms with Gasteiger partial charge in [-0.1, -0.05) is 24.9 Å². The molecule has 1 aromatic heterocycles. The van der Waals surface area contributed by atoms with E-state index >= 15 is 0 Å². The Morgan fingerprint density at radius 2 is 2.33 bits per heavy atom. The lowest BCUT2D eigenvalue weighted by Gasteiger charge is -2.15. The lowest BCUT2D eigenvalue weighted by Crippen LogP contribution is -2.16. The maximum Gasteiger partial charge on any atom is 0.289 e. The Morgan fingerprint density at radius 3 is 2.83 bits per heavy atom. The van der Waals surface area contributed by atoms with Crippen LogP contribution in [-0.4, -0.2) is 16.5 Å². The Balaban J connectivity index is 2.00. The lowest BCUT2D eigenvalue weighted by molar-refractivity contribution is -0.385. The van der Waals surface area contributed by atoms with E-state index in [-0.39, 0.29) is 5.69 Å². The average Bonchev–Trinajstić information content (AvgIpc) is 3.08. The summed E-state index contributed by atoms with van der Waals surface area (Å²) in [6.07, 6.45) is 6.07. The van der Waals surface area contributed by atoms with Gasteiger partial charge in [0.1, 0.15) is 12.0 Å². The second kappa shape index (κ2) is 5.10. The molecule has 1 aliphatic rings. The molecule has 1 heterocycles. The first-order chi connectivity index (χ1) is 8.56. The van der Waals surface area contributed by atoms with Gasteiger partial charge in [-0.15, -0.1) is 0 Å². The van der Waals surface area contributed by atoms with Crippen molar-refractivity contribution in [3.63, 3.8) is 0 Å². The topological polar surface area (TPSA) is 68.1 Å². The molecule has 1 aliphatic carbocycles. The van der Waals surface area contributed by atoms with Crippen molar-refractivity contribution in [3.8, 4) is 0 Å². The van der Waals surface area contributed by atoms with E-state index < -0.39 is 4.92 Å². The SMILES string of the molecule is CCCC1(CNc2ncc([N+](=O)[O-])cc2Cl)CC1. The minimum absolute atomic E-state index is 0.0831. The highest BCUT2D eigenvalue weighted by Crippen LogP contribution is 2.49. The maximum absolute atomic E-state index is 10.6. The summed E-state index contributed by atoms with van der Waals surface area (Å²) in [5.41, 5.74) is 0.307. The molecular weight excluding hydrogens is 254 g/mol. The van der Waals surface area contributed by atoms with Crippen molar-refractivity contribution in [2.45, 2.75) is 32.6 Å². The molecule has 0 unspecified atom stereocenters. The molecule has 0 aromatic carbocycles. The minimum Gasteiger partial charge on any atom is -0.368 e. The van der Waals surface area contributed by atoms with Crippen LogP contribution in [0.2, 0.25) is 5.02 Å². The molecule has 0 atom stereocenters. The third kappa shape index (κ3) is 2.90. The Kier molecular flexibility index (Phi) is 3.71. The van der Waals surface area contributed by atoms with Crippen LogP contribution >= 0.6 is 11.6 Å². The Morgan fingerprint density at radius 1 is 1.61 bits per heavy atom. The molecule has 0 radical (unpaired) electrons. The van der Waals surface area contributed by atoms with Crippen LogP contribution in [0.3, 0.4) is 0 Å². The van der Waals surface area contributed by atoms with Gasteiger partial charge in [0.05, 0.1) is 9.95 Å². The van der Waals surface area contributed by atoms with E-state index in [1.807, 2.05) is 0 Å². The Labute approximate surface area is 111 Å². The monoisotopic (exact) mass is 269 g/mol. The summed E-state index contributed by atoms with van der Waals surface area (Å²) in [6, 6.07) is 1.33. The fraction of sp³-hybridized carbons (Fsp3) is 0.583. The zero-order valence-electron chi connectivity index (χ0n) is 10.3. The van der Waals surface area contributed by atoms with Gasteiger partial charge in [-0.25, -0.2) is 4.98 Å². The van der Waals surface area contributed by atoms with E-state index in [1.165, 1.54) is 37.9 Å². The van der Waals surface area contributed by atoms with Gasteiger partial charge in [0.25, 0.3) is 5.69 Å². The van der Waals surface area contributed by atoms with Crippen molar-refractivity contribution in [2.24, 2.45) is 5.41 Å². The van der Waals surface area contributed by atoms with Gasteiger partial charge in [0.15, 0.2) is 0 Å². The molecule has 1 saturated carbocycles. The van der Waals surface area contributed by atoms with Crippen molar-refractivity contribution in [1.82, 2.24) is 4.98 Å². The van der Waals surface area contributed by atoms with Gasteiger partial charge in [-0.05, 0) is 24.7 Å². The number of pyridine rings is 1. The van der Waals surface area contributed by atoms with Crippen LogP contribution in [0, 0.1) is 15.5 Å². The number of hydrogen-bond acceptors (Lipinski definition) is 4. The zero-order valence-corrected chi connectivity index (χ0v) is 11.0. The molecule has 6 heteroatoms. The van der Waals surface area contributed by atoms with Crippen LogP contribution in [0.25, 0.3) is 0 Å². The van der Waals surface area contributed by atoms with E-state index in [1.54, 1.807) is 0 Å². The van der Waals surface area contributed by atoms with Crippen molar-refractivity contribution in [2.75, 3.05) is 11.9 Å². The molecule has 0 saturated heterocycles. The Bertz CT molecular complexity index is 461. The molecule has 0 bridgehead atoms. The van der Waals surface area contributed by atoms with Crippen LogP contribution in [0.15, 0.2) is 12.3 Å². The molecule has 5 nitrogen and oxygen atoms in total. The highest BCUT2D eigenvalue weighted by molar-refractivity contribution is 6.33. The van der Waals surface area contributed by atoms with Crippen LogP contribution in [0.5, 0.6) is 0 Å². The number of aromatic nitrogens is 1. The van der Waals surface area contributed by atoms with E-state index in [2.05, 4.69) is 17.2 Å². The molecule has 0 amide bonds. The molecule has 98 valence electrons. The van der Waals surface area contributed by atoms with Crippen LogP contribution in [0.4, 0.5) is 11.5 Å².